The van der Waals surface area contributed by atoms with Crippen molar-refractivity contribution in [3.8, 4) is 0 Å². The minimum atomic E-state index is 0.162. The molecule has 3 rings (SSSR count). The predicted molar refractivity (Wildman–Crippen MR) is 111 cm³/mol. The van der Waals surface area contributed by atoms with Crippen molar-refractivity contribution in [3.05, 3.63) is 47.0 Å². The van der Waals surface area contributed by atoms with Gasteiger partial charge in [-0.3, -0.25) is 0 Å². The molecule has 5 heteroatoms. The van der Waals surface area contributed by atoms with E-state index < -0.39 is 0 Å². The Morgan fingerprint density at radius 1 is 0.926 bits per heavy atom. The third kappa shape index (κ3) is 3.52. The first-order valence-corrected chi connectivity index (χ1v) is 10.3. The lowest BCUT2D eigenvalue weighted by Crippen LogP contribution is -2.27. The summed E-state index contributed by atoms with van der Waals surface area (Å²) in [5.74, 6) is 0.598. The van der Waals surface area contributed by atoms with Crippen LogP contribution in [0.2, 0.25) is 0 Å². The molecule has 1 aliphatic heterocycles. The van der Waals surface area contributed by atoms with Gasteiger partial charge in [-0.15, -0.1) is 5.10 Å². The van der Waals surface area contributed by atoms with Gasteiger partial charge in [0.2, 0.25) is 5.90 Å². The van der Waals surface area contributed by atoms with Crippen molar-refractivity contribution in [1.29, 1.82) is 0 Å². The summed E-state index contributed by atoms with van der Waals surface area (Å²) in [6.07, 6.45) is 14.8. The third-order valence-electron chi connectivity index (χ3n) is 6.82. The van der Waals surface area contributed by atoms with Crippen LogP contribution in [0.5, 0.6) is 0 Å². The number of nitrogens with two attached hydrogens (primary N) is 2. The summed E-state index contributed by atoms with van der Waals surface area (Å²) in [6, 6.07) is 0. The molecule has 0 fully saturated rings. The largest absolute Gasteiger partial charge is 0.453 e. The highest BCUT2D eigenvalue weighted by Crippen LogP contribution is 2.41. The van der Waals surface area contributed by atoms with Gasteiger partial charge in [-0.1, -0.05) is 45.9 Å². The lowest BCUT2D eigenvalue weighted by atomic mass is 9.74. The van der Waals surface area contributed by atoms with E-state index in [1.807, 2.05) is 5.01 Å². The molecule has 0 unspecified atom stereocenters. The summed E-state index contributed by atoms with van der Waals surface area (Å²) in [6.45, 7) is 9.25. The molecule has 4 N–H and O–H groups in total. The van der Waals surface area contributed by atoms with Gasteiger partial charge in [0.1, 0.15) is 0 Å². The van der Waals surface area contributed by atoms with E-state index in [1.165, 1.54) is 0 Å². The minimum Gasteiger partial charge on any atom is -0.453 e. The highest BCUT2D eigenvalue weighted by Gasteiger charge is 2.33. The third-order valence-corrected chi connectivity index (χ3v) is 6.82. The summed E-state index contributed by atoms with van der Waals surface area (Å²) >= 11 is 0. The molecule has 2 aliphatic carbocycles. The van der Waals surface area contributed by atoms with Gasteiger partial charge in [0.25, 0.3) is 0 Å². The lowest BCUT2D eigenvalue weighted by Gasteiger charge is -2.33. The van der Waals surface area contributed by atoms with Crippen LogP contribution in [0.1, 0.15) is 66.2 Å². The molecule has 0 saturated carbocycles. The maximum atomic E-state index is 6.42. The van der Waals surface area contributed by atoms with E-state index in [2.05, 4.69) is 57.1 Å². The normalized spacial score (nSPS) is 23.7. The number of ether oxygens (including phenoxy) is 1. The molecule has 0 spiro atoms. The van der Waals surface area contributed by atoms with Crippen molar-refractivity contribution in [2.24, 2.45) is 27.4 Å². The molecular weight excluding hydrogens is 336 g/mol. The molecule has 148 valence electrons. The van der Waals surface area contributed by atoms with Crippen molar-refractivity contribution in [2.75, 3.05) is 6.73 Å². The quantitative estimate of drug-likeness (QED) is 0.721. The van der Waals surface area contributed by atoms with Gasteiger partial charge < -0.3 is 16.2 Å². The van der Waals surface area contributed by atoms with E-state index in [-0.39, 0.29) is 10.8 Å². The van der Waals surface area contributed by atoms with Crippen molar-refractivity contribution in [2.45, 2.75) is 66.2 Å². The first kappa shape index (κ1) is 19.6. The SMILES string of the molecule is CCC1(CC)C=CC(C2=NN(C3=C(N)CC(CC)(CC)C=C3)CO2)=C(N)C1. The van der Waals surface area contributed by atoms with Gasteiger partial charge in [0, 0.05) is 11.4 Å². The second-order valence-electron chi connectivity index (χ2n) is 8.09. The first-order chi connectivity index (χ1) is 12.9. The van der Waals surface area contributed by atoms with E-state index in [0.717, 1.165) is 61.2 Å². The summed E-state index contributed by atoms with van der Waals surface area (Å²) in [7, 11) is 0. The minimum absolute atomic E-state index is 0.162. The van der Waals surface area contributed by atoms with Gasteiger partial charge in [0.05, 0.1) is 11.3 Å². The smallest absolute Gasteiger partial charge is 0.242 e. The standard InChI is InChI=1S/C22H34N4O/c1-5-21(6-2)11-9-16(17(23)13-21)20-25-26(15-27-20)19-10-12-22(7-3,8-4)14-18(19)24/h9-12H,5-8,13-15,23-24H2,1-4H3. The molecular formula is C22H34N4O. The molecule has 0 saturated heterocycles. The van der Waals surface area contributed by atoms with Gasteiger partial charge in [-0.05, 0) is 55.4 Å². The predicted octanol–water partition coefficient (Wildman–Crippen LogP) is 4.51. The lowest BCUT2D eigenvalue weighted by molar-refractivity contribution is 0.203. The number of hydrazone groups is 1. The Hall–Kier alpha value is -2.17. The van der Waals surface area contributed by atoms with Crippen molar-refractivity contribution >= 4 is 5.90 Å². The van der Waals surface area contributed by atoms with Crippen molar-refractivity contribution in [3.63, 3.8) is 0 Å². The van der Waals surface area contributed by atoms with E-state index in [9.17, 15) is 0 Å². The summed E-state index contributed by atoms with van der Waals surface area (Å²) in [4.78, 5) is 0. The van der Waals surface area contributed by atoms with Crippen LogP contribution in [0, 0.1) is 10.8 Å². The Kier molecular flexibility index (Phi) is 5.41. The Morgan fingerprint density at radius 2 is 1.48 bits per heavy atom. The van der Waals surface area contributed by atoms with Gasteiger partial charge >= 0.3 is 0 Å². The number of allylic oxidation sites excluding steroid dienone is 5. The molecule has 0 amide bonds. The van der Waals surface area contributed by atoms with Crippen LogP contribution in [-0.4, -0.2) is 17.6 Å². The molecule has 0 aromatic rings. The Balaban J connectivity index is 1.80. The maximum absolute atomic E-state index is 6.42. The Bertz CT molecular complexity index is 733. The van der Waals surface area contributed by atoms with Gasteiger partial charge in [0.15, 0.2) is 6.73 Å². The fourth-order valence-electron chi connectivity index (χ4n) is 4.27. The van der Waals surface area contributed by atoms with E-state index >= 15 is 0 Å². The zero-order chi connectivity index (χ0) is 19.7. The molecule has 0 aromatic heterocycles. The van der Waals surface area contributed by atoms with Crippen LogP contribution in [0.25, 0.3) is 0 Å². The molecule has 0 atom stereocenters. The van der Waals surface area contributed by atoms with E-state index in [0.29, 0.717) is 12.6 Å². The molecule has 3 aliphatic rings. The van der Waals surface area contributed by atoms with Crippen LogP contribution >= 0.6 is 0 Å². The Labute approximate surface area is 163 Å². The fourth-order valence-corrected chi connectivity index (χ4v) is 4.27. The first-order valence-electron chi connectivity index (χ1n) is 10.3. The molecule has 1 heterocycles. The van der Waals surface area contributed by atoms with Crippen LogP contribution in [0.15, 0.2) is 52.1 Å². The molecule has 5 nitrogen and oxygen atoms in total. The second-order valence-corrected chi connectivity index (χ2v) is 8.09. The van der Waals surface area contributed by atoms with Crippen LogP contribution < -0.4 is 11.5 Å². The fraction of sp³-hybridized carbons (Fsp3) is 0.591. The number of rotatable bonds is 6. The molecule has 0 radical (unpaired) electrons. The second kappa shape index (κ2) is 7.45. The van der Waals surface area contributed by atoms with Gasteiger partial charge in [-0.25, -0.2) is 5.01 Å². The highest BCUT2D eigenvalue weighted by atomic mass is 16.5. The number of hydrogen-bond acceptors (Lipinski definition) is 5. The summed E-state index contributed by atoms with van der Waals surface area (Å²) in [5, 5.41) is 6.54. The van der Waals surface area contributed by atoms with Crippen LogP contribution in [0.3, 0.4) is 0 Å². The Morgan fingerprint density at radius 3 is 2.00 bits per heavy atom. The van der Waals surface area contributed by atoms with E-state index in [1.54, 1.807) is 0 Å². The summed E-state index contributed by atoms with van der Waals surface area (Å²) < 4.78 is 5.88. The average Bonchev–Trinajstić information content (AvgIpc) is 3.17. The topological polar surface area (TPSA) is 76.9 Å². The molecule has 27 heavy (non-hydrogen) atoms. The highest BCUT2D eigenvalue weighted by molar-refractivity contribution is 5.97. The average molecular weight is 371 g/mol. The van der Waals surface area contributed by atoms with Crippen molar-refractivity contribution in [1.82, 2.24) is 5.01 Å². The molecule has 0 aromatic carbocycles. The van der Waals surface area contributed by atoms with Crippen LogP contribution in [0.4, 0.5) is 0 Å². The van der Waals surface area contributed by atoms with Crippen molar-refractivity contribution < 1.29 is 4.74 Å². The van der Waals surface area contributed by atoms with Gasteiger partial charge in [-0.2, -0.15) is 0 Å². The number of nitrogens with zero attached hydrogens (tertiary/aromatic N) is 2. The molecule has 0 bridgehead atoms. The zero-order valence-electron chi connectivity index (χ0n) is 17.2. The maximum Gasteiger partial charge on any atom is 0.242 e. The number of hydrogen-bond donors (Lipinski definition) is 2. The monoisotopic (exact) mass is 370 g/mol. The zero-order valence-corrected chi connectivity index (χ0v) is 17.2. The summed E-state index contributed by atoms with van der Waals surface area (Å²) in [5.41, 5.74) is 16.7. The van der Waals surface area contributed by atoms with E-state index in [4.69, 9.17) is 16.2 Å². The van der Waals surface area contributed by atoms with Crippen LogP contribution in [-0.2, 0) is 4.74 Å².